The molecule has 7 heteroatoms. The van der Waals surface area contributed by atoms with Gasteiger partial charge in [-0.05, 0) is 61.6 Å². The summed E-state index contributed by atoms with van der Waals surface area (Å²) in [6.07, 6.45) is 2.17. The van der Waals surface area contributed by atoms with Crippen LogP contribution in [0.25, 0.3) is 0 Å². The number of ether oxygens (including phenoxy) is 1. The normalized spacial score (nSPS) is 14.6. The van der Waals surface area contributed by atoms with Crippen LogP contribution in [0.1, 0.15) is 48.7 Å². The quantitative estimate of drug-likeness (QED) is 0.379. The number of carbonyl (C=O) groups is 2. The second-order valence-electron chi connectivity index (χ2n) is 9.29. The number of benzene rings is 3. The van der Waals surface area contributed by atoms with Crippen molar-refractivity contribution < 1.29 is 14.3 Å². The Labute approximate surface area is 212 Å². The number of hydrogen-bond donors (Lipinski definition) is 3. The number of anilines is 3. The molecule has 0 aliphatic carbocycles. The van der Waals surface area contributed by atoms with Crippen LogP contribution in [0.3, 0.4) is 0 Å². The lowest BCUT2D eigenvalue weighted by Crippen LogP contribution is -2.35. The van der Waals surface area contributed by atoms with Crippen LogP contribution in [0.4, 0.5) is 21.9 Å². The molecule has 188 valence electrons. The van der Waals surface area contributed by atoms with Crippen molar-refractivity contribution in [1.29, 1.82) is 0 Å². The molecule has 1 aliphatic heterocycles. The van der Waals surface area contributed by atoms with Gasteiger partial charge in [-0.3, -0.25) is 4.79 Å². The summed E-state index contributed by atoms with van der Waals surface area (Å²) < 4.78 is 5.31. The van der Waals surface area contributed by atoms with E-state index in [2.05, 4.69) is 27.8 Å². The molecular formula is C29H34N4O3. The van der Waals surface area contributed by atoms with Crippen LogP contribution in [0, 0.1) is 5.92 Å². The molecule has 3 N–H and O–H groups in total. The number of para-hydroxylation sites is 2. The highest BCUT2D eigenvalue weighted by Crippen LogP contribution is 2.30. The zero-order chi connectivity index (χ0) is 25.5. The summed E-state index contributed by atoms with van der Waals surface area (Å²) in [6.45, 7) is 6.03. The Morgan fingerprint density at radius 2 is 1.64 bits per heavy atom. The predicted octanol–water partition coefficient (Wildman–Crippen LogP) is 6.07. The highest BCUT2D eigenvalue weighted by Gasteiger charge is 2.23. The van der Waals surface area contributed by atoms with Gasteiger partial charge in [0.1, 0.15) is 5.75 Å². The summed E-state index contributed by atoms with van der Waals surface area (Å²) >= 11 is 0. The van der Waals surface area contributed by atoms with E-state index in [0.29, 0.717) is 28.6 Å². The first-order valence-electron chi connectivity index (χ1n) is 12.4. The SMILES string of the molecule is COc1ccccc1NC(=O)Nc1ccc(N2CCC(C)CC2)c(C(=O)NC(C)c2ccccc2)c1. The molecule has 0 saturated carbocycles. The van der Waals surface area contributed by atoms with Crippen LogP contribution in [0.2, 0.25) is 0 Å². The fourth-order valence-corrected chi connectivity index (χ4v) is 4.45. The number of hydrogen-bond acceptors (Lipinski definition) is 4. The maximum Gasteiger partial charge on any atom is 0.323 e. The van der Waals surface area contributed by atoms with E-state index in [0.717, 1.165) is 37.2 Å². The summed E-state index contributed by atoms with van der Waals surface area (Å²) in [5.41, 5.74) is 3.56. The van der Waals surface area contributed by atoms with Crippen molar-refractivity contribution in [3.63, 3.8) is 0 Å². The molecule has 7 nitrogen and oxygen atoms in total. The van der Waals surface area contributed by atoms with Crippen molar-refractivity contribution in [2.75, 3.05) is 35.7 Å². The van der Waals surface area contributed by atoms with Crippen LogP contribution in [-0.4, -0.2) is 32.1 Å². The summed E-state index contributed by atoms with van der Waals surface area (Å²) in [5.74, 6) is 1.07. The first-order valence-corrected chi connectivity index (χ1v) is 12.4. The predicted molar refractivity (Wildman–Crippen MR) is 145 cm³/mol. The lowest BCUT2D eigenvalue weighted by molar-refractivity contribution is 0.0940. The van der Waals surface area contributed by atoms with Gasteiger partial charge in [-0.15, -0.1) is 0 Å². The molecular weight excluding hydrogens is 452 g/mol. The summed E-state index contributed by atoms with van der Waals surface area (Å²) in [7, 11) is 1.56. The summed E-state index contributed by atoms with van der Waals surface area (Å²) in [6, 6.07) is 22.0. The van der Waals surface area contributed by atoms with Gasteiger partial charge in [0.05, 0.1) is 24.4 Å². The minimum Gasteiger partial charge on any atom is -0.495 e. The van der Waals surface area contributed by atoms with Crippen LogP contribution < -0.4 is 25.6 Å². The first-order chi connectivity index (χ1) is 17.4. The molecule has 1 fully saturated rings. The topological polar surface area (TPSA) is 82.7 Å². The molecule has 0 aromatic heterocycles. The molecule has 1 aliphatic rings. The van der Waals surface area contributed by atoms with Crippen molar-refractivity contribution in [3.8, 4) is 5.75 Å². The van der Waals surface area contributed by atoms with Gasteiger partial charge >= 0.3 is 6.03 Å². The standard InChI is InChI=1S/C29H34N4O3/c1-20-15-17-33(18-16-20)26-14-13-23(31-29(35)32-25-11-7-8-12-27(25)36-3)19-24(26)28(34)30-21(2)22-9-5-4-6-10-22/h4-14,19-21H,15-18H2,1-3H3,(H,30,34)(H2,31,32,35). The zero-order valence-corrected chi connectivity index (χ0v) is 21.1. The van der Waals surface area contributed by atoms with E-state index < -0.39 is 6.03 Å². The molecule has 3 amide bonds. The average Bonchev–Trinajstić information content (AvgIpc) is 2.90. The van der Waals surface area contributed by atoms with E-state index >= 15 is 0 Å². The van der Waals surface area contributed by atoms with E-state index in [1.807, 2.05) is 61.5 Å². The number of methoxy groups -OCH3 is 1. The van der Waals surface area contributed by atoms with Gasteiger partial charge in [0.15, 0.2) is 0 Å². The van der Waals surface area contributed by atoms with E-state index in [1.165, 1.54) is 0 Å². The van der Waals surface area contributed by atoms with Gasteiger partial charge < -0.3 is 25.6 Å². The third-order valence-electron chi connectivity index (χ3n) is 6.63. The van der Waals surface area contributed by atoms with Crippen molar-refractivity contribution >= 4 is 29.0 Å². The fourth-order valence-electron chi connectivity index (χ4n) is 4.45. The summed E-state index contributed by atoms with van der Waals surface area (Å²) in [5, 5.41) is 8.79. The van der Waals surface area contributed by atoms with Crippen LogP contribution in [0.15, 0.2) is 72.8 Å². The van der Waals surface area contributed by atoms with Crippen molar-refractivity contribution in [2.24, 2.45) is 5.92 Å². The maximum absolute atomic E-state index is 13.5. The molecule has 3 aromatic carbocycles. The lowest BCUT2D eigenvalue weighted by atomic mass is 9.97. The number of amides is 3. The fraction of sp³-hybridized carbons (Fsp3) is 0.310. The molecule has 0 radical (unpaired) electrons. The van der Waals surface area contributed by atoms with E-state index in [-0.39, 0.29) is 11.9 Å². The Hall–Kier alpha value is -4.00. The maximum atomic E-state index is 13.5. The van der Waals surface area contributed by atoms with Crippen LogP contribution in [-0.2, 0) is 0 Å². The van der Waals surface area contributed by atoms with Crippen molar-refractivity contribution in [3.05, 3.63) is 83.9 Å². The molecule has 1 atom stereocenters. The number of piperidine rings is 1. The molecule has 36 heavy (non-hydrogen) atoms. The highest BCUT2D eigenvalue weighted by atomic mass is 16.5. The van der Waals surface area contributed by atoms with Crippen LogP contribution in [0.5, 0.6) is 5.75 Å². The van der Waals surface area contributed by atoms with Gasteiger partial charge in [-0.25, -0.2) is 4.79 Å². The number of carbonyl (C=O) groups excluding carboxylic acids is 2. The number of nitrogens with zero attached hydrogens (tertiary/aromatic N) is 1. The Kier molecular flexibility index (Phi) is 8.10. The van der Waals surface area contributed by atoms with Crippen LogP contribution >= 0.6 is 0 Å². The van der Waals surface area contributed by atoms with Gasteiger partial charge in [0, 0.05) is 24.5 Å². The Balaban J connectivity index is 1.56. The minimum atomic E-state index is -0.414. The molecule has 1 unspecified atom stereocenters. The molecule has 0 spiro atoms. The Bertz CT molecular complexity index is 1190. The minimum absolute atomic E-state index is 0.154. The molecule has 1 saturated heterocycles. The molecule has 3 aromatic rings. The number of rotatable bonds is 7. The van der Waals surface area contributed by atoms with E-state index in [4.69, 9.17) is 4.74 Å². The van der Waals surface area contributed by atoms with E-state index in [9.17, 15) is 9.59 Å². The third kappa shape index (κ3) is 6.16. The number of nitrogens with one attached hydrogen (secondary N) is 3. The monoisotopic (exact) mass is 486 g/mol. The molecule has 4 rings (SSSR count). The first kappa shape index (κ1) is 25.1. The van der Waals surface area contributed by atoms with E-state index in [1.54, 1.807) is 25.3 Å². The Morgan fingerprint density at radius 3 is 2.36 bits per heavy atom. The molecule has 0 bridgehead atoms. The highest BCUT2D eigenvalue weighted by molar-refractivity contribution is 6.04. The van der Waals surface area contributed by atoms with Crippen molar-refractivity contribution in [1.82, 2.24) is 5.32 Å². The van der Waals surface area contributed by atoms with Gasteiger partial charge in [0.2, 0.25) is 0 Å². The van der Waals surface area contributed by atoms with Gasteiger partial charge in [0.25, 0.3) is 5.91 Å². The smallest absolute Gasteiger partial charge is 0.323 e. The zero-order valence-electron chi connectivity index (χ0n) is 21.1. The summed E-state index contributed by atoms with van der Waals surface area (Å²) in [4.78, 5) is 28.5. The second kappa shape index (κ2) is 11.6. The Morgan fingerprint density at radius 1 is 0.944 bits per heavy atom. The third-order valence-corrected chi connectivity index (χ3v) is 6.63. The number of urea groups is 1. The lowest BCUT2D eigenvalue weighted by Gasteiger charge is -2.33. The van der Waals surface area contributed by atoms with Gasteiger partial charge in [-0.1, -0.05) is 49.4 Å². The van der Waals surface area contributed by atoms with Crippen molar-refractivity contribution in [2.45, 2.75) is 32.7 Å². The van der Waals surface area contributed by atoms with Gasteiger partial charge in [-0.2, -0.15) is 0 Å². The average molecular weight is 487 g/mol. The molecule has 1 heterocycles. The second-order valence-corrected chi connectivity index (χ2v) is 9.29. The largest absolute Gasteiger partial charge is 0.495 e.